The Bertz CT molecular complexity index is 342. The van der Waals surface area contributed by atoms with E-state index >= 15 is 0 Å². The van der Waals surface area contributed by atoms with Crippen LogP contribution in [0.15, 0.2) is 24.1 Å². The van der Waals surface area contributed by atoms with E-state index in [2.05, 4.69) is 4.79 Å². The summed E-state index contributed by atoms with van der Waals surface area (Å²) in [5, 5.41) is 0. The van der Waals surface area contributed by atoms with Crippen LogP contribution >= 0.6 is 0 Å². The first-order valence-corrected chi connectivity index (χ1v) is 3.53. The van der Waals surface area contributed by atoms with Crippen LogP contribution in [0.4, 0.5) is 8.78 Å². The average Bonchev–Trinajstić information content (AvgIpc) is 2.04. The monoisotopic (exact) mass is 184 g/mol. The van der Waals surface area contributed by atoms with Gasteiger partial charge in [-0.3, -0.25) is 4.79 Å². The number of ketones is 1. The van der Waals surface area contributed by atoms with Gasteiger partial charge in [0.2, 0.25) is 5.67 Å². The van der Waals surface area contributed by atoms with Gasteiger partial charge in [-0.25, -0.2) is 8.78 Å². The van der Waals surface area contributed by atoms with Crippen molar-refractivity contribution in [3.8, 4) is 0 Å². The van der Waals surface area contributed by atoms with E-state index in [1.807, 2.05) is 0 Å². The number of hydrogen-bond donors (Lipinski definition) is 0. The van der Waals surface area contributed by atoms with E-state index in [9.17, 15) is 13.6 Å². The molecule has 1 aliphatic carbocycles. The summed E-state index contributed by atoms with van der Waals surface area (Å²) in [6.07, 6.45) is 2.89. The summed E-state index contributed by atoms with van der Waals surface area (Å²) in [5.74, 6) is -1.79. The molecule has 0 radical (unpaired) electrons. The number of Topliss-reactive ketones (excluding diaryl/α,β-unsaturated/α-hetero) is 1. The van der Waals surface area contributed by atoms with Crippen molar-refractivity contribution in [2.75, 3.05) is 0 Å². The minimum atomic E-state index is -2.41. The zero-order valence-corrected chi connectivity index (χ0v) is 6.58. The molecule has 68 valence electrons. The van der Waals surface area contributed by atoms with Crippen molar-refractivity contribution in [3.63, 3.8) is 0 Å². The van der Waals surface area contributed by atoms with Gasteiger partial charge in [0.05, 0.1) is 0 Å². The first kappa shape index (κ1) is 9.48. The minimum Gasteiger partial charge on any atom is -0.361 e. The largest absolute Gasteiger partial charge is 0.361 e. The summed E-state index contributed by atoms with van der Waals surface area (Å²) in [6.45, 7) is 0. The van der Waals surface area contributed by atoms with E-state index in [0.717, 1.165) is 18.2 Å². The number of carbonyl (C=O) groups is 1. The molecular weight excluding hydrogens is 178 g/mol. The van der Waals surface area contributed by atoms with E-state index < -0.39 is 23.7 Å². The molecule has 5 heteroatoms. The van der Waals surface area contributed by atoms with Gasteiger partial charge in [-0.15, -0.1) is 0 Å². The SMILES string of the molecule is [N-]=[N+]=CC(=O)C1(F)C=CC=C(F)C1. The summed E-state index contributed by atoms with van der Waals surface area (Å²) in [7, 11) is 0. The standard InChI is InChI=1S/C8H6F2N2O/c9-6-2-1-3-8(10,4-6)7(13)5-12-11/h1-3,5H,4H2. The number of halogens is 2. The Hall–Kier alpha value is -1.61. The Morgan fingerprint density at radius 1 is 1.77 bits per heavy atom. The Kier molecular flexibility index (Phi) is 2.49. The van der Waals surface area contributed by atoms with E-state index in [-0.39, 0.29) is 0 Å². The third-order valence-electron chi connectivity index (χ3n) is 1.65. The van der Waals surface area contributed by atoms with Gasteiger partial charge in [-0.1, -0.05) is 6.08 Å². The van der Waals surface area contributed by atoms with Crippen LogP contribution in [-0.4, -0.2) is 22.5 Å². The molecule has 0 heterocycles. The Balaban J connectivity index is 2.91. The van der Waals surface area contributed by atoms with Crippen LogP contribution in [0.25, 0.3) is 5.53 Å². The van der Waals surface area contributed by atoms with Crippen LogP contribution in [0.5, 0.6) is 0 Å². The van der Waals surface area contributed by atoms with Crippen LogP contribution in [-0.2, 0) is 4.79 Å². The van der Waals surface area contributed by atoms with Gasteiger partial charge in [0.25, 0.3) is 5.78 Å². The molecule has 0 aromatic carbocycles. The molecule has 0 amide bonds. The molecule has 0 fully saturated rings. The predicted octanol–water partition coefficient (Wildman–Crippen LogP) is 1.38. The lowest BCUT2D eigenvalue weighted by atomic mass is 9.92. The van der Waals surface area contributed by atoms with Crippen molar-refractivity contribution in [1.29, 1.82) is 0 Å². The van der Waals surface area contributed by atoms with Crippen molar-refractivity contribution >= 4 is 12.0 Å². The average molecular weight is 184 g/mol. The quantitative estimate of drug-likeness (QED) is 0.363. The summed E-state index contributed by atoms with van der Waals surface area (Å²) in [5.41, 5.74) is 5.59. The highest BCUT2D eigenvalue weighted by Gasteiger charge is 2.39. The van der Waals surface area contributed by atoms with Crippen LogP contribution in [0.2, 0.25) is 0 Å². The molecule has 0 N–H and O–H groups in total. The highest BCUT2D eigenvalue weighted by molar-refractivity contribution is 6.29. The Morgan fingerprint density at radius 3 is 3.00 bits per heavy atom. The lowest BCUT2D eigenvalue weighted by molar-refractivity contribution is -0.124. The summed E-state index contributed by atoms with van der Waals surface area (Å²) in [4.78, 5) is 13.3. The summed E-state index contributed by atoms with van der Waals surface area (Å²) in [6, 6.07) is 0. The topological polar surface area (TPSA) is 53.5 Å². The van der Waals surface area contributed by atoms with Gasteiger partial charge in [0.15, 0.2) is 0 Å². The van der Waals surface area contributed by atoms with Crippen molar-refractivity contribution in [2.24, 2.45) is 0 Å². The molecule has 1 aliphatic rings. The fourth-order valence-corrected chi connectivity index (χ4v) is 0.998. The second kappa shape index (κ2) is 3.41. The molecule has 1 atom stereocenters. The molecule has 1 unspecified atom stereocenters. The number of hydrogen-bond acceptors (Lipinski definition) is 1. The van der Waals surface area contributed by atoms with Crippen LogP contribution in [0.1, 0.15) is 6.42 Å². The first-order chi connectivity index (χ1) is 6.08. The van der Waals surface area contributed by atoms with Crippen molar-refractivity contribution in [2.45, 2.75) is 12.1 Å². The van der Waals surface area contributed by atoms with Gasteiger partial charge in [-0.2, -0.15) is 4.79 Å². The van der Waals surface area contributed by atoms with E-state index in [0.29, 0.717) is 6.21 Å². The van der Waals surface area contributed by atoms with E-state index in [1.54, 1.807) is 0 Å². The molecule has 1 rings (SSSR count). The molecule has 0 aromatic heterocycles. The highest BCUT2D eigenvalue weighted by atomic mass is 19.1. The number of nitrogens with zero attached hydrogens (tertiary/aromatic N) is 2. The molecule has 3 nitrogen and oxygen atoms in total. The molecule has 0 aliphatic heterocycles. The summed E-state index contributed by atoms with van der Waals surface area (Å²) < 4.78 is 26.1. The highest BCUT2D eigenvalue weighted by Crippen LogP contribution is 2.27. The minimum absolute atomic E-state index is 0.420. The molecule has 0 bridgehead atoms. The molecule has 0 saturated heterocycles. The zero-order valence-electron chi connectivity index (χ0n) is 6.58. The maximum absolute atomic E-state index is 13.5. The third kappa shape index (κ3) is 1.95. The molecule has 0 saturated carbocycles. The van der Waals surface area contributed by atoms with Crippen molar-refractivity contribution in [3.05, 3.63) is 29.6 Å². The van der Waals surface area contributed by atoms with Gasteiger partial charge >= 0.3 is 6.21 Å². The first-order valence-electron chi connectivity index (χ1n) is 3.53. The number of alkyl halides is 1. The number of carbonyl (C=O) groups excluding carboxylic acids is 1. The van der Waals surface area contributed by atoms with Crippen LogP contribution < -0.4 is 0 Å². The summed E-state index contributed by atoms with van der Waals surface area (Å²) >= 11 is 0. The van der Waals surface area contributed by atoms with E-state index in [1.165, 1.54) is 0 Å². The van der Waals surface area contributed by atoms with Crippen molar-refractivity contribution < 1.29 is 18.4 Å². The van der Waals surface area contributed by atoms with Crippen LogP contribution in [0, 0.1) is 0 Å². The predicted molar refractivity (Wildman–Crippen MR) is 41.5 cm³/mol. The molecule has 13 heavy (non-hydrogen) atoms. The van der Waals surface area contributed by atoms with Gasteiger partial charge in [0.1, 0.15) is 5.83 Å². The molecule has 0 spiro atoms. The third-order valence-corrected chi connectivity index (χ3v) is 1.65. The number of allylic oxidation sites excluding steroid dienone is 4. The maximum Gasteiger partial charge on any atom is 0.326 e. The molecule has 0 aromatic rings. The fourth-order valence-electron chi connectivity index (χ4n) is 0.998. The Morgan fingerprint density at radius 2 is 2.46 bits per heavy atom. The van der Waals surface area contributed by atoms with Crippen molar-refractivity contribution in [1.82, 2.24) is 0 Å². The van der Waals surface area contributed by atoms with E-state index in [4.69, 9.17) is 5.53 Å². The van der Waals surface area contributed by atoms with Crippen LogP contribution in [0.3, 0.4) is 0 Å². The van der Waals surface area contributed by atoms with Gasteiger partial charge in [0, 0.05) is 6.42 Å². The van der Waals surface area contributed by atoms with Gasteiger partial charge in [-0.05, 0) is 12.2 Å². The lowest BCUT2D eigenvalue weighted by Gasteiger charge is -2.17. The Labute approximate surface area is 73.0 Å². The normalized spacial score (nSPS) is 26.2. The zero-order chi connectivity index (χ0) is 9.90. The second-order valence-electron chi connectivity index (χ2n) is 2.62. The lowest BCUT2D eigenvalue weighted by Crippen LogP contribution is -2.34. The smallest absolute Gasteiger partial charge is 0.326 e. The second-order valence-corrected chi connectivity index (χ2v) is 2.62. The van der Waals surface area contributed by atoms with Gasteiger partial charge < -0.3 is 5.53 Å². The molecular formula is C8H6F2N2O. The fraction of sp³-hybridized carbons (Fsp3) is 0.250. The number of rotatable bonds is 2. The maximum atomic E-state index is 13.5.